The molecule has 0 aliphatic carbocycles. The highest BCUT2D eigenvalue weighted by Gasteiger charge is 2.42. The van der Waals surface area contributed by atoms with Gasteiger partial charge in [-0.3, -0.25) is 4.79 Å². The van der Waals surface area contributed by atoms with E-state index in [-0.39, 0.29) is 11.2 Å². The van der Waals surface area contributed by atoms with Crippen molar-refractivity contribution in [1.29, 1.82) is 0 Å². The number of aromatic nitrogens is 1. The predicted molar refractivity (Wildman–Crippen MR) is 89.7 cm³/mol. The molecule has 0 radical (unpaired) electrons. The fourth-order valence-electron chi connectivity index (χ4n) is 1.64. The minimum Gasteiger partial charge on any atom is -0.359 e. The summed E-state index contributed by atoms with van der Waals surface area (Å²) in [5, 5.41) is 6.28. The first kappa shape index (κ1) is 19.6. The average Bonchev–Trinajstić information content (AvgIpc) is 2.87. The van der Waals surface area contributed by atoms with Gasteiger partial charge in [0.2, 0.25) is 15.9 Å². The van der Waals surface area contributed by atoms with Gasteiger partial charge in [-0.1, -0.05) is 39.3 Å². The van der Waals surface area contributed by atoms with Crippen LogP contribution in [0, 0.1) is 0 Å². The zero-order valence-electron chi connectivity index (χ0n) is 14.7. The highest BCUT2D eigenvalue weighted by molar-refractivity contribution is 7.91. The van der Waals surface area contributed by atoms with Crippen molar-refractivity contribution in [3.8, 4) is 0 Å². The van der Waals surface area contributed by atoms with Crippen LogP contribution in [0.15, 0.2) is 10.6 Å². The molecule has 8 heteroatoms. The van der Waals surface area contributed by atoms with Gasteiger partial charge < -0.3 is 9.84 Å². The fourth-order valence-corrected chi connectivity index (χ4v) is 2.71. The van der Waals surface area contributed by atoms with Crippen LogP contribution in [-0.2, 0) is 20.2 Å². The maximum Gasteiger partial charge on any atom is 0.247 e. The monoisotopic (exact) mass is 345 g/mol. The maximum absolute atomic E-state index is 12.4. The van der Waals surface area contributed by atoms with Crippen molar-refractivity contribution in [1.82, 2.24) is 9.88 Å². The zero-order chi connectivity index (χ0) is 17.9. The molecule has 0 bridgehead atoms. The lowest BCUT2D eigenvalue weighted by molar-refractivity contribution is -0.117. The van der Waals surface area contributed by atoms with Crippen LogP contribution in [0.1, 0.15) is 60.1 Å². The van der Waals surface area contributed by atoms with Crippen LogP contribution in [0.5, 0.6) is 0 Å². The van der Waals surface area contributed by atoms with Crippen molar-refractivity contribution in [3.63, 3.8) is 0 Å². The molecule has 1 amide bonds. The number of amides is 1. The Labute approximate surface area is 138 Å². The molecule has 0 spiro atoms. The van der Waals surface area contributed by atoms with E-state index in [4.69, 9.17) is 4.52 Å². The number of anilines is 1. The normalized spacial score (nSPS) is 13.1. The van der Waals surface area contributed by atoms with Gasteiger partial charge in [-0.05, 0) is 20.3 Å². The van der Waals surface area contributed by atoms with Gasteiger partial charge in [0.1, 0.15) is 5.76 Å². The van der Waals surface area contributed by atoms with E-state index < -0.39 is 20.7 Å². The minimum absolute atomic E-state index is 0.205. The molecule has 7 nitrogen and oxygen atoms in total. The van der Waals surface area contributed by atoms with Gasteiger partial charge in [0, 0.05) is 18.0 Å². The van der Waals surface area contributed by atoms with Crippen LogP contribution in [0.4, 0.5) is 5.82 Å². The summed E-state index contributed by atoms with van der Waals surface area (Å²) < 4.78 is 30.6. The van der Waals surface area contributed by atoms with Crippen molar-refractivity contribution in [2.45, 2.75) is 64.5 Å². The van der Waals surface area contributed by atoms with Gasteiger partial charge >= 0.3 is 0 Å². The van der Waals surface area contributed by atoms with Crippen molar-refractivity contribution in [2.24, 2.45) is 0 Å². The van der Waals surface area contributed by atoms with Gasteiger partial charge in [-0.2, -0.15) is 0 Å². The first-order chi connectivity index (χ1) is 10.4. The topological polar surface area (TPSA) is 101 Å². The Hall–Kier alpha value is -1.41. The summed E-state index contributed by atoms with van der Waals surface area (Å²) in [6, 6.07) is 1.60. The van der Waals surface area contributed by atoms with E-state index >= 15 is 0 Å². The fraction of sp³-hybridized carbons (Fsp3) is 0.733. The molecular weight excluding hydrogens is 318 g/mol. The van der Waals surface area contributed by atoms with E-state index in [1.54, 1.807) is 6.07 Å². The van der Waals surface area contributed by atoms with Crippen LogP contribution in [-0.4, -0.2) is 30.8 Å². The SMILES string of the molecule is CCCCNS(=O)(=O)C(C)(C)C(=O)Nc1cc(C(C)(C)C)on1. The summed E-state index contributed by atoms with van der Waals surface area (Å²) in [6.07, 6.45) is 1.58. The van der Waals surface area contributed by atoms with Crippen molar-refractivity contribution < 1.29 is 17.7 Å². The molecule has 1 rings (SSSR count). The quantitative estimate of drug-likeness (QED) is 0.739. The molecule has 0 atom stereocenters. The Morgan fingerprint density at radius 3 is 2.35 bits per heavy atom. The first-order valence-corrected chi connectivity index (χ1v) is 9.18. The highest BCUT2D eigenvalue weighted by atomic mass is 32.2. The van der Waals surface area contributed by atoms with Gasteiger partial charge in [0.25, 0.3) is 0 Å². The Bertz CT molecular complexity index is 642. The molecule has 0 fully saturated rings. The third kappa shape index (κ3) is 4.78. The Kier molecular flexibility index (Phi) is 5.98. The number of unbranched alkanes of at least 4 members (excludes halogenated alkanes) is 1. The van der Waals surface area contributed by atoms with Crippen LogP contribution >= 0.6 is 0 Å². The first-order valence-electron chi connectivity index (χ1n) is 7.69. The molecule has 23 heavy (non-hydrogen) atoms. The molecule has 132 valence electrons. The van der Waals surface area contributed by atoms with Gasteiger partial charge in [0.05, 0.1) is 0 Å². The second-order valence-electron chi connectivity index (χ2n) is 7.04. The van der Waals surface area contributed by atoms with Crippen LogP contribution in [0.3, 0.4) is 0 Å². The van der Waals surface area contributed by atoms with E-state index in [0.29, 0.717) is 12.3 Å². The maximum atomic E-state index is 12.4. The second kappa shape index (κ2) is 7.00. The number of nitrogens with one attached hydrogen (secondary N) is 2. The molecule has 1 heterocycles. The molecule has 0 aliphatic heterocycles. The molecular formula is C15H27N3O4S. The summed E-state index contributed by atoms with van der Waals surface area (Å²) in [4.78, 5) is 12.4. The second-order valence-corrected chi connectivity index (χ2v) is 9.36. The van der Waals surface area contributed by atoms with E-state index in [1.165, 1.54) is 13.8 Å². The molecule has 0 aromatic carbocycles. The van der Waals surface area contributed by atoms with E-state index in [0.717, 1.165) is 12.8 Å². The molecule has 1 aromatic heterocycles. The summed E-state index contributed by atoms with van der Waals surface area (Å²) in [5.74, 6) is 0.154. The van der Waals surface area contributed by atoms with Crippen molar-refractivity contribution in [3.05, 3.63) is 11.8 Å². The standard InChI is InChI=1S/C15H27N3O4S/c1-7-8-9-16-23(20,21)15(5,6)13(19)17-12-10-11(22-18-12)14(2,3)4/h10,16H,7-9H2,1-6H3,(H,17,18,19). The molecule has 0 saturated heterocycles. The van der Waals surface area contributed by atoms with Gasteiger partial charge in [-0.15, -0.1) is 0 Å². The van der Waals surface area contributed by atoms with E-state index in [9.17, 15) is 13.2 Å². The average molecular weight is 345 g/mol. The Morgan fingerprint density at radius 1 is 1.26 bits per heavy atom. The summed E-state index contributed by atoms with van der Waals surface area (Å²) in [6.45, 7) is 10.8. The van der Waals surface area contributed by atoms with Crippen LogP contribution in [0.2, 0.25) is 0 Å². The van der Waals surface area contributed by atoms with Gasteiger partial charge in [-0.25, -0.2) is 13.1 Å². The third-order valence-corrected chi connectivity index (χ3v) is 5.65. The van der Waals surface area contributed by atoms with E-state index in [2.05, 4.69) is 15.2 Å². The lowest BCUT2D eigenvalue weighted by Crippen LogP contribution is -2.50. The summed E-state index contributed by atoms with van der Waals surface area (Å²) in [7, 11) is -3.79. The zero-order valence-corrected chi connectivity index (χ0v) is 15.5. The molecule has 0 aliphatic rings. The molecule has 2 N–H and O–H groups in total. The van der Waals surface area contributed by atoms with Crippen LogP contribution in [0.25, 0.3) is 0 Å². The lowest BCUT2D eigenvalue weighted by Gasteiger charge is -2.23. The lowest BCUT2D eigenvalue weighted by atomic mass is 9.93. The van der Waals surface area contributed by atoms with Crippen LogP contribution < -0.4 is 10.0 Å². The molecule has 1 aromatic rings. The number of nitrogens with zero attached hydrogens (tertiary/aromatic N) is 1. The molecule has 0 saturated carbocycles. The summed E-state index contributed by atoms with van der Waals surface area (Å²) in [5.41, 5.74) is -0.251. The number of hydrogen-bond donors (Lipinski definition) is 2. The highest BCUT2D eigenvalue weighted by Crippen LogP contribution is 2.25. The number of carbonyl (C=O) groups is 1. The van der Waals surface area contributed by atoms with Gasteiger partial charge in [0.15, 0.2) is 10.6 Å². The largest absolute Gasteiger partial charge is 0.359 e. The molecule has 0 unspecified atom stereocenters. The van der Waals surface area contributed by atoms with Crippen molar-refractivity contribution in [2.75, 3.05) is 11.9 Å². The predicted octanol–water partition coefficient (Wildman–Crippen LogP) is 2.41. The smallest absolute Gasteiger partial charge is 0.247 e. The summed E-state index contributed by atoms with van der Waals surface area (Å²) >= 11 is 0. The Balaban J connectivity index is 2.85. The van der Waals surface area contributed by atoms with E-state index in [1.807, 2.05) is 27.7 Å². The third-order valence-electron chi connectivity index (χ3n) is 3.53. The minimum atomic E-state index is -3.79. The number of rotatable bonds is 7. The van der Waals surface area contributed by atoms with Crippen molar-refractivity contribution >= 4 is 21.7 Å². The Morgan fingerprint density at radius 2 is 1.87 bits per heavy atom. The number of hydrogen-bond acceptors (Lipinski definition) is 5. The number of sulfonamides is 1. The number of carbonyl (C=O) groups excluding carboxylic acids is 1.